The van der Waals surface area contributed by atoms with Crippen molar-refractivity contribution < 1.29 is 9.90 Å². The lowest BCUT2D eigenvalue weighted by Crippen LogP contribution is -2.13. The van der Waals surface area contributed by atoms with Gasteiger partial charge in [0.2, 0.25) is 0 Å². The van der Waals surface area contributed by atoms with Crippen molar-refractivity contribution in [3.05, 3.63) is 24.0 Å². The molecule has 0 aliphatic heterocycles. The van der Waals surface area contributed by atoms with Gasteiger partial charge < -0.3 is 5.11 Å². The first kappa shape index (κ1) is 11.6. The number of carboxylic acid groups (broad SMARTS) is 1. The zero-order valence-electron chi connectivity index (χ0n) is 10.1. The molecule has 0 saturated carbocycles. The predicted molar refractivity (Wildman–Crippen MR) is 64.1 cm³/mol. The first-order valence-electron chi connectivity index (χ1n) is 5.44. The van der Waals surface area contributed by atoms with Gasteiger partial charge in [0.1, 0.15) is 0 Å². The van der Waals surface area contributed by atoms with E-state index >= 15 is 0 Å². The summed E-state index contributed by atoms with van der Waals surface area (Å²) < 4.78 is 0.941. The van der Waals surface area contributed by atoms with Gasteiger partial charge in [0, 0.05) is 11.6 Å². The molecule has 5 heteroatoms. The summed E-state index contributed by atoms with van der Waals surface area (Å²) in [7, 11) is 0. The molecule has 0 unspecified atom stereocenters. The Balaban J connectivity index is 2.61. The maximum absolute atomic E-state index is 11.1. The van der Waals surface area contributed by atoms with Crippen LogP contribution in [0.25, 0.3) is 11.0 Å². The van der Waals surface area contributed by atoms with Crippen molar-refractivity contribution in [3.63, 3.8) is 0 Å². The monoisotopic (exact) mass is 233 g/mol. The van der Waals surface area contributed by atoms with Crippen LogP contribution in [0.2, 0.25) is 0 Å². The van der Waals surface area contributed by atoms with Gasteiger partial charge in [-0.3, -0.25) is 0 Å². The lowest BCUT2D eigenvalue weighted by Gasteiger charge is -2.16. The van der Waals surface area contributed by atoms with Crippen molar-refractivity contribution in [3.8, 4) is 0 Å². The average Bonchev–Trinajstić information content (AvgIpc) is 2.55. The third-order valence-electron chi connectivity index (χ3n) is 2.40. The van der Waals surface area contributed by atoms with Crippen molar-refractivity contribution >= 4 is 17.1 Å². The van der Waals surface area contributed by atoms with Crippen LogP contribution in [0, 0.1) is 5.41 Å². The second-order valence-electron chi connectivity index (χ2n) is 5.25. The largest absolute Gasteiger partial charge is 0.463 e. The number of nitrogens with zero attached hydrogens (tertiary/aromatic N) is 3. The minimum absolute atomic E-state index is 0.0560. The maximum atomic E-state index is 11.1. The van der Waals surface area contributed by atoms with E-state index in [9.17, 15) is 4.79 Å². The fourth-order valence-electron chi connectivity index (χ4n) is 1.78. The minimum atomic E-state index is -1.10. The molecule has 0 aliphatic carbocycles. The van der Waals surface area contributed by atoms with Crippen molar-refractivity contribution in [2.75, 3.05) is 0 Å². The predicted octanol–water partition coefficient (Wildman–Crippen LogP) is 2.55. The van der Waals surface area contributed by atoms with E-state index < -0.39 is 6.09 Å². The van der Waals surface area contributed by atoms with Gasteiger partial charge in [-0.2, -0.15) is 5.10 Å². The van der Waals surface area contributed by atoms with Crippen LogP contribution in [0.4, 0.5) is 4.79 Å². The molecule has 0 amide bonds. The van der Waals surface area contributed by atoms with Gasteiger partial charge in [-0.15, -0.1) is 4.68 Å². The Morgan fingerprint density at radius 3 is 2.76 bits per heavy atom. The topological polar surface area (TPSA) is 68.0 Å². The van der Waals surface area contributed by atoms with E-state index in [4.69, 9.17) is 5.11 Å². The molecular weight excluding hydrogens is 218 g/mol. The fraction of sp³-hybridized carbons (Fsp3) is 0.417. The van der Waals surface area contributed by atoms with Gasteiger partial charge in [0.25, 0.3) is 0 Å². The van der Waals surface area contributed by atoms with E-state index in [1.54, 1.807) is 12.3 Å². The molecule has 0 atom stereocenters. The van der Waals surface area contributed by atoms with Crippen LogP contribution >= 0.6 is 0 Å². The summed E-state index contributed by atoms with van der Waals surface area (Å²) >= 11 is 0. The number of hydrogen-bond donors (Lipinski definition) is 1. The molecule has 0 fully saturated rings. The Bertz CT molecular complexity index is 567. The molecule has 0 aromatic carbocycles. The summed E-state index contributed by atoms with van der Waals surface area (Å²) in [6, 6.07) is 3.65. The second-order valence-corrected chi connectivity index (χ2v) is 5.25. The maximum Gasteiger partial charge on any atom is 0.434 e. The molecule has 0 spiro atoms. The number of hydrogen-bond acceptors (Lipinski definition) is 3. The Kier molecular flexibility index (Phi) is 2.61. The molecule has 2 rings (SSSR count). The van der Waals surface area contributed by atoms with Crippen LogP contribution in [0.3, 0.4) is 0 Å². The van der Waals surface area contributed by atoms with Crippen LogP contribution in [0.5, 0.6) is 0 Å². The van der Waals surface area contributed by atoms with Gasteiger partial charge in [-0.25, -0.2) is 9.78 Å². The van der Waals surface area contributed by atoms with Crippen molar-refractivity contribution in [1.82, 2.24) is 14.8 Å². The Morgan fingerprint density at radius 2 is 2.18 bits per heavy atom. The molecule has 90 valence electrons. The molecule has 2 aromatic heterocycles. The smallest absolute Gasteiger partial charge is 0.434 e. The normalized spacial score (nSPS) is 11.9. The average molecular weight is 233 g/mol. The first-order chi connectivity index (χ1) is 7.88. The number of pyridine rings is 1. The van der Waals surface area contributed by atoms with E-state index in [0.717, 1.165) is 22.2 Å². The third kappa shape index (κ3) is 2.27. The van der Waals surface area contributed by atoms with E-state index in [2.05, 4.69) is 30.9 Å². The summed E-state index contributed by atoms with van der Waals surface area (Å²) in [4.78, 5) is 15.1. The van der Waals surface area contributed by atoms with Crippen molar-refractivity contribution in [1.29, 1.82) is 0 Å². The Morgan fingerprint density at radius 1 is 1.47 bits per heavy atom. The second kappa shape index (κ2) is 3.84. The molecular formula is C12H15N3O2. The molecule has 2 heterocycles. The molecule has 1 N–H and O–H groups in total. The van der Waals surface area contributed by atoms with Crippen molar-refractivity contribution in [2.24, 2.45) is 5.41 Å². The zero-order valence-corrected chi connectivity index (χ0v) is 10.1. The number of aromatic nitrogens is 3. The number of rotatable bonds is 1. The summed E-state index contributed by atoms with van der Waals surface area (Å²) in [5.74, 6) is 0. The molecule has 0 aliphatic rings. The highest BCUT2D eigenvalue weighted by molar-refractivity contribution is 5.86. The standard InChI is InChI=1S/C12H15N3O2/c1-12(2,3)7-9-8-5-4-6-13-10(8)15(14-9)11(16)17/h4-6H,7H2,1-3H3,(H,16,17). The highest BCUT2D eigenvalue weighted by atomic mass is 16.4. The quantitative estimate of drug-likeness (QED) is 0.821. The fourth-order valence-corrected chi connectivity index (χ4v) is 1.78. The van der Waals surface area contributed by atoms with Crippen LogP contribution in [0.15, 0.2) is 18.3 Å². The molecule has 17 heavy (non-hydrogen) atoms. The van der Waals surface area contributed by atoms with Gasteiger partial charge in [-0.1, -0.05) is 20.8 Å². The van der Waals surface area contributed by atoms with Crippen molar-refractivity contribution in [2.45, 2.75) is 27.2 Å². The van der Waals surface area contributed by atoms with E-state index in [-0.39, 0.29) is 5.41 Å². The molecule has 0 radical (unpaired) electrons. The van der Waals surface area contributed by atoms with E-state index in [1.807, 2.05) is 6.07 Å². The molecule has 2 aromatic rings. The zero-order chi connectivity index (χ0) is 12.6. The van der Waals surface area contributed by atoms with Gasteiger partial charge in [0.15, 0.2) is 5.65 Å². The lowest BCUT2D eigenvalue weighted by atomic mass is 9.90. The van der Waals surface area contributed by atoms with Gasteiger partial charge >= 0.3 is 6.09 Å². The molecule has 5 nitrogen and oxygen atoms in total. The minimum Gasteiger partial charge on any atom is -0.463 e. The summed E-state index contributed by atoms with van der Waals surface area (Å²) in [6.45, 7) is 6.28. The molecule has 0 bridgehead atoms. The Labute approximate surface area is 99.1 Å². The lowest BCUT2D eigenvalue weighted by molar-refractivity contribution is 0.193. The third-order valence-corrected chi connectivity index (χ3v) is 2.40. The number of carbonyl (C=O) groups is 1. The summed E-state index contributed by atoms with van der Waals surface area (Å²) in [5.41, 5.74) is 1.24. The van der Waals surface area contributed by atoms with Crippen LogP contribution in [0.1, 0.15) is 26.5 Å². The first-order valence-corrected chi connectivity index (χ1v) is 5.44. The highest BCUT2D eigenvalue weighted by Crippen LogP contribution is 2.24. The van der Waals surface area contributed by atoms with Crippen LogP contribution in [-0.2, 0) is 6.42 Å². The highest BCUT2D eigenvalue weighted by Gasteiger charge is 2.20. The van der Waals surface area contributed by atoms with Gasteiger partial charge in [-0.05, 0) is 24.0 Å². The van der Waals surface area contributed by atoms with E-state index in [0.29, 0.717) is 5.65 Å². The summed E-state index contributed by atoms with van der Waals surface area (Å²) in [5, 5.41) is 14.0. The van der Waals surface area contributed by atoms with Crippen LogP contribution < -0.4 is 0 Å². The van der Waals surface area contributed by atoms with Crippen LogP contribution in [-0.4, -0.2) is 26.0 Å². The molecule has 0 saturated heterocycles. The SMILES string of the molecule is CC(C)(C)Cc1nn(C(=O)O)c2ncccc12. The van der Waals surface area contributed by atoms with Gasteiger partial charge in [0.05, 0.1) is 5.69 Å². The number of fused-ring (bicyclic) bond motifs is 1. The van der Waals surface area contributed by atoms with E-state index in [1.165, 1.54) is 0 Å². The Hall–Kier alpha value is -1.91. The summed E-state index contributed by atoms with van der Waals surface area (Å²) in [6.07, 6.45) is 1.19.